The highest BCUT2D eigenvalue weighted by Crippen LogP contribution is 2.12. The lowest BCUT2D eigenvalue weighted by atomic mass is 10.1. The maximum absolute atomic E-state index is 13.0. The first-order valence-electron chi connectivity index (χ1n) is 6.86. The number of aryl methyl sites for hydroxylation is 1. The van der Waals surface area contributed by atoms with Crippen molar-refractivity contribution in [1.82, 2.24) is 5.32 Å². The summed E-state index contributed by atoms with van der Waals surface area (Å²) in [5.41, 5.74) is 2.57. The van der Waals surface area contributed by atoms with Crippen LogP contribution < -0.4 is 10.6 Å². The van der Waals surface area contributed by atoms with Crippen molar-refractivity contribution in [2.24, 2.45) is 0 Å². The molecule has 4 nitrogen and oxygen atoms in total. The van der Waals surface area contributed by atoms with Crippen LogP contribution in [0.5, 0.6) is 0 Å². The van der Waals surface area contributed by atoms with Crippen LogP contribution in [-0.4, -0.2) is 11.8 Å². The number of nitrogens with one attached hydrogen (secondary N) is 2. The van der Waals surface area contributed by atoms with E-state index in [2.05, 4.69) is 10.6 Å². The van der Waals surface area contributed by atoms with Crippen molar-refractivity contribution in [3.05, 3.63) is 65.0 Å². The minimum atomic E-state index is -0.364. The molecule has 0 saturated heterocycles. The quantitative estimate of drug-likeness (QED) is 0.912. The van der Waals surface area contributed by atoms with E-state index >= 15 is 0 Å². The van der Waals surface area contributed by atoms with Gasteiger partial charge in [-0.1, -0.05) is 12.1 Å². The van der Waals surface area contributed by atoms with Gasteiger partial charge >= 0.3 is 0 Å². The topological polar surface area (TPSA) is 58.2 Å². The second-order valence-corrected chi connectivity index (χ2v) is 5.02. The van der Waals surface area contributed by atoms with Crippen molar-refractivity contribution >= 4 is 17.5 Å². The Hall–Kier alpha value is -2.69. The predicted molar refractivity (Wildman–Crippen MR) is 83.1 cm³/mol. The Bertz CT molecular complexity index is 714. The molecule has 2 rings (SSSR count). The number of benzene rings is 2. The lowest BCUT2D eigenvalue weighted by molar-refractivity contribution is -0.114. The number of anilines is 1. The molecule has 0 unspecified atom stereocenters. The Balaban J connectivity index is 2.03. The van der Waals surface area contributed by atoms with Crippen molar-refractivity contribution in [3.8, 4) is 0 Å². The van der Waals surface area contributed by atoms with E-state index in [4.69, 9.17) is 0 Å². The average Bonchev–Trinajstić information content (AvgIpc) is 2.44. The lowest BCUT2D eigenvalue weighted by Crippen LogP contribution is -2.23. The highest BCUT2D eigenvalue weighted by atomic mass is 19.1. The molecule has 114 valence electrons. The Labute approximate surface area is 128 Å². The normalized spacial score (nSPS) is 10.1. The van der Waals surface area contributed by atoms with Crippen molar-refractivity contribution < 1.29 is 14.0 Å². The summed E-state index contributed by atoms with van der Waals surface area (Å²) in [4.78, 5) is 23.1. The zero-order chi connectivity index (χ0) is 16.1. The van der Waals surface area contributed by atoms with Crippen LogP contribution in [0.25, 0.3) is 0 Å². The summed E-state index contributed by atoms with van der Waals surface area (Å²) in [6, 6.07) is 11.3. The van der Waals surface area contributed by atoms with E-state index in [9.17, 15) is 14.0 Å². The van der Waals surface area contributed by atoms with Gasteiger partial charge in [-0.25, -0.2) is 4.39 Å². The number of amides is 2. The Morgan fingerprint density at radius 3 is 2.59 bits per heavy atom. The molecule has 0 heterocycles. The van der Waals surface area contributed by atoms with Gasteiger partial charge in [0, 0.05) is 24.7 Å². The minimum absolute atomic E-state index is 0.150. The number of hydrogen-bond donors (Lipinski definition) is 2. The van der Waals surface area contributed by atoms with Crippen LogP contribution in [0.3, 0.4) is 0 Å². The zero-order valence-electron chi connectivity index (χ0n) is 12.4. The Morgan fingerprint density at radius 1 is 1.14 bits per heavy atom. The molecule has 0 fully saturated rings. The third-order valence-corrected chi connectivity index (χ3v) is 3.13. The van der Waals surface area contributed by atoms with Crippen molar-refractivity contribution in [3.63, 3.8) is 0 Å². The summed E-state index contributed by atoms with van der Waals surface area (Å²) in [7, 11) is 0. The van der Waals surface area contributed by atoms with E-state index in [1.165, 1.54) is 25.1 Å². The van der Waals surface area contributed by atoms with Crippen LogP contribution in [0.2, 0.25) is 0 Å². The summed E-state index contributed by atoms with van der Waals surface area (Å²) in [6.07, 6.45) is 0. The molecule has 0 saturated carbocycles. The summed E-state index contributed by atoms with van der Waals surface area (Å²) in [5.74, 6) is -0.775. The minimum Gasteiger partial charge on any atom is -0.348 e. The molecule has 0 aliphatic carbocycles. The van der Waals surface area contributed by atoms with E-state index in [0.717, 1.165) is 5.56 Å². The van der Waals surface area contributed by atoms with Gasteiger partial charge in [0.15, 0.2) is 0 Å². The van der Waals surface area contributed by atoms with Crippen LogP contribution in [0, 0.1) is 12.7 Å². The number of carbonyl (C=O) groups is 2. The van der Waals surface area contributed by atoms with E-state index in [1.807, 2.05) is 6.07 Å². The average molecular weight is 300 g/mol. The third kappa shape index (κ3) is 4.15. The van der Waals surface area contributed by atoms with Crippen LogP contribution in [-0.2, 0) is 11.3 Å². The molecule has 0 aliphatic heterocycles. The number of halogens is 1. The van der Waals surface area contributed by atoms with Gasteiger partial charge in [-0.15, -0.1) is 0 Å². The molecule has 2 aromatic carbocycles. The van der Waals surface area contributed by atoms with Crippen molar-refractivity contribution in [2.45, 2.75) is 20.4 Å². The first kappa shape index (κ1) is 15.7. The van der Waals surface area contributed by atoms with Crippen molar-refractivity contribution in [1.29, 1.82) is 0 Å². The highest BCUT2D eigenvalue weighted by Gasteiger charge is 2.09. The van der Waals surface area contributed by atoms with Gasteiger partial charge in [0.25, 0.3) is 5.91 Å². The molecule has 2 amide bonds. The maximum atomic E-state index is 13.0. The smallest absolute Gasteiger partial charge is 0.251 e. The summed E-state index contributed by atoms with van der Waals surface area (Å²) in [6.45, 7) is 3.45. The van der Waals surface area contributed by atoms with Gasteiger partial charge in [0.2, 0.25) is 5.91 Å². The molecule has 0 bridgehead atoms. The molecule has 0 aliphatic rings. The largest absolute Gasteiger partial charge is 0.348 e. The molecule has 0 aromatic heterocycles. The van der Waals surface area contributed by atoms with Crippen LogP contribution in [0.15, 0.2) is 42.5 Å². The highest BCUT2D eigenvalue weighted by molar-refractivity contribution is 5.95. The predicted octanol–water partition coefficient (Wildman–Crippen LogP) is 3.02. The summed E-state index contributed by atoms with van der Waals surface area (Å²) in [5, 5.41) is 5.47. The first-order chi connectivity index (χ1) is 10.5. The lowest BCUT2D eigenvalue weighted by Gasteiger charge is -2.09. The van der Waals surface area contributed by atoms with Gasteiger partial charge in [-0.05, 0) is 48.4 Å². The fourth-order valence-electron chi connectivity index (χ4n) is 2.12. The standard InChI is InChI=1S/C17H17FN2O2/c1-11-8-14(18)6-7-16(11)17(22)19-10-13-4-3-5-15(9-13)20-12(2)21/h3-9H,10H2,1-2H3,(H,19,22)(H,20,21). The molecule has 22 heavy (non-hydrogen) atoms. The van der Waals surface area contributed by atoms with E-state index < -0.39 is 0 Å². The van der Waals surface area contributed by atoms with Crippen LogP contribution in [0.1, 0.15) is 28.4 Å². The van der Waals surface area contributed by atoms with E-state index in [1.54, 1.807) is 25.1 Å². The van der Waals surface area contributed by atoms with Crippen molar-refractivity contribution in [2.75, 3.05) is 5.32 Å². The van der Waals surface area contributed by atoms with E-state index in [-0.39, 0.29) is 17.6 Å². The molecular weight excluding hydrogens is 283 g/mol. The zero-order valence-corrected chi connectivity index (χ0v) is 12.4. The molecule has 0 radical (unpaired) electrons. The molecule has 0 atom stereocenters. The molecular formula is C17H17FN2O2. The molecule has 5 heteroatoms. The number of carbonyl (C=O) groups excluding carboxylic acids is 2. The Kier molecular flexibility index (Phi) is 4.88. The maximum Gasteiger partial charge on any atom is 0.251 e. The Morgan fingerprint density at radius 2 is 1.91 bits per heavy atom. The third-order valence-electron chi connectivity index (χ3n) is 3.13. The fourth-order valence-corrected chi connectivity index (χ4v) is 2.12. The number of hydrogen-bond acceptors (Lipinski definition) is 2. The number of rotatable bonds is 4. The molecule has 0 spiro atoms. The van der Waals surface area contributed by atoms with Gasteiger partial charge < -0.3 is 10.6 Å². The van der Waals surface area contributed by atoms with Gasteiger partial charge in [0.1, 0.15) is 5.82 Å². The second-order valence-electron chi connectivity index (χ2n) is 5.02. The first-order valence-corrected chi connectivity index (χ1v) is 6.86. The molecule has 2 N–H and O–H groups in total. The van der Waals surface area contributed by atoms with E-state index in [0.29, 0.717) is 23.4 Å². The van der Waals surface area contributed by atoms with Gasteiger partial charge in [0.05, 0.1) is 0 Å². The summed E-state index contributed by atoms with van der Waals surface area (Å²) >= 11 is 0. The van der Waals surface area contributed by atoms with Gasteiger partial charge in [-0.2, -0.15) is 0 Å². The summed E-state index contributed by atoms with van der Waals surface area (Å²) < 4.78 is 13.0. The second kappa shape index (κ2) is 6.85. The monoisotopic (exact) mass is 300 g/mol. The van der Waals surface area contributed by atoms with Gasteiger partial charge in [-0.3, -0.25) is 9.59 Å². The van der Waals surface area contributed by atoms with Crippen LogP contribution >= 0.6 is 0 Å². The SMILES string of the molecule is CC(=O)Nc1cccc(CNC(=O)c2ccc(F)cc2C)c1. The fraction of sp³-hybridized carbons (Fsp3) is 0.176. The molecule has 2 aromatic rings. The van der Waals surface area contributed by atoms with Crippen LogP contribution in [0.4, 0.5) is 10.1 Å².